The zero-order chi connectivity index (χ0) is 18.8. The second kappa shape index (κ2) is 17.8. The van der Waals surface area contributed by atoms with Gasteiger partial charge < -0.3 is 34.3 Å². The normalized spacial score (nSPS) is 12.0. The van der Waals surface area contributed by atoms with Gasteiger partial charge in [0.25, 0.3) is 0 Å². The molecular formula is C14H28NO9P. The number of aliphatic carboxylic acids is 1. The lowest BCUT2D eigenvalue weighted by atomic mass is 10.4. The predicted molar refractivity (Wildman–Crippen MR) is 89.2 cm³/mol. The monoisotopic (exact) mass is 385 g/mol. The van der Waals surface area contributed by atoms with E-state index in [0.29, 0.717) is 52.8 Å². The van der Waals surface area contributed by atoms with E-state index in [1.54, 1.807) is 0 Å². The molecule has 25 heavy (non-hydrogen) atoms. The van der Waals surface area contributed by atoms with E-state index >= 15 is 0 Å². The average Bonchev–Trinajstić information content (AvgIpc) is 2.56. The van der Waals surface area contributed by atoms with E-state index in [9.17, 15) is 14.2 Å². The van der Waals surface area contributed by atoms with Crippen molar-refractivity contribution in [1.29, 1.82) is 0 Å². The lowest BCUT2D eigenvalue weighted by molar-refractivity contribution is -0.138. The zero-order valence-corrected chi connectivity index (χ0v) is 15.2. The lowest BCUT2D eigenvalue weighted by Gasteiger charge is -2.08. The fourth-order valence-corrected chi connectivity index (χ4v) is 1.93. The second-order valence-corrected chi connectivity index (χ2v) is 6.12. The van der Waals surface area contributed by atoms with E-state index in [0.717, 1.165) is 0 Å². The molecule has 0 aliphatic carbocycles. The van der Waals surface area contributed by atoms with Crippen molar-refractivity contribution in [3.63, 3.8) is 0 Å². The third-order valence-electron chi connectivity index (χ3n) is 2.71. The van der Waals surface area contributed by atoms with Gasteiger partial charge >= 0.3 is 5.97 Å². The highest BCUT2D eigenvalue weighted by Crippen LogP contribution is 2.12. The molecule has 0 spiro atoms. The number of carboxylic acids is 1. The van der Waals surface area contributed by atoms with Crippen molar-refractivity contribution in [3.05, 3.63) is 0 Å². The predicted octanol–water partition coefficient (Wildman–Crippen LogP) is -0.499. The number of carbonyl (C=O) groups excluding carboxylic acids is 1. The summed E-state index contributed by atoms with van der Waals surface area (Å²) in [6.45, 7) is 3.19. The molecule has 0 aromatic carbocycles. The minimum absolute atomic E-state index is 0.00171. The van der Waals surface area contributed by atoms with Gasteiger partial charge in [-0.25, -0.2) is 0 Å². The van der Waals surface area contributed by atoms with Crippen molar-refractivity contribution in [3.8, 4) is 0 Å². The van der Waals surface area contributed by atoms with Gasteiger partial charge in [0.05, 0.1) is 59.3 Å². The van der Waals surface area contributed by atoms with Gasteiger partial charge in [0.15, 0.2) is 8.03 Å². The Morgan fingerprint density at radius 3 is 1.76 bits per heavy atom. The Hall–Kier alpha value is -1.03. The van der Waals surface area contributed by atoms with Crippen molar-refractivity contribution in [1.82, 2.24) is 5.32 Å². The number of hydrogen-bond donors (Lipinski definition) is 3. The van der Waals surface area contributed by atoms with E-state index in [1.807, 2.05) is 0 Å². The van der Waals surface area contributed by atoms with Crippen molar-refractivity contribution < 1.29 is 43.1 Å². The molecule has 1 atom stereocenters. The molecule has 0 aromatic rings. The van der Waals surface area contributed by atoms with E-state index < -0.39 is 14.0 Å². The summed E-state index contributed by atoms with van der Waals surface area (Å²) < 4.78 is 31.3. The molecule has 0 radical (unpaired) electrons. The Morgan fingerprint density at radius 2 is 1.28 bits per heavy atom. The van der Waals surface area contributed by atoms with Gasteiger partial charge in [-0.2, -0.15) is 0 Å². The van der Waals surface area contributed by atoms with Crippen LogP contribution in [0.5, 0.6) is 0 Å². The highest BCUT2D eigenvalue weighted by molar-refractivity contribution is 7.38. The standard InChI is InChI=1S/C14H28NO9P/c16-13(2-12-25(19)20)15-3-5-22-7-9-24-11-10-23-8-6-21-4-1-14(17)18/h25H,1-12H2,(H,15,16)(H,17,18)(H,19,20). The van der Waals surface area contributed by atoms with E-state index in [2.05, 4.69) is 5.32 Å². The van der Waals surface area contributed by atoms with Crippen LogP contribution >= 0.6 is 8.03 Å². The molecule has 10 nitrogen and oxygen atoms in total. The fourth-order valence-electron chi connectivity index (χ4n) is 1.49. The summed E-state index contributed by atoms with van der Waals surface area (Å²) in [5.41, 5.74) is 0. The molecule has 1 unspecified atom stereocenters. The molecule has 11 heteroatoms. The summed E-state index contributed by atoms with van der Waals surface area (Å²) in [6.07, 6.45) is 0.0287. The number of rotatable bonds is 18. The van der Waals surface area contributed by atoms with Gasteiger partial charge in [-0.05, 0) is 0 Å². The summed E-state index contributed by atoms with van der Waals surface area (Å²) in [5.74, 6) is -1.16. The van der Waals surface area contributed by atoms with Crippen molar-refractivity contribution in [2.45, 2.75) is 12.8 Å². The van der Waals surface area contributed by atoms with Crippen molar-refractivity contribution >= 4 is 19.9 Å². The van der Waals surface area contributed by atoms with Crippen LogP contribution in [0.1, 0.15) is 12.8 Å². The molecule has 148 valence electrons. The summed E-state index contributed by atoms with van der Waals surface area (Å²) in [6, 6.07) is 0. The van der Waals surface area contributed by atoms with Gasteiger partial charge in [0.2, 0.25) is 5.91 Å². The summed E-state index contributed by atoms with van der Waals surface area (Å²) in [4.78, 5) is 30.1. The maximum absolute atomic E-state index is 11.2. The fraction of sp³-hybridized carbons (Fsp3) is 0.857. The Kier molecular flexibility index (Phi) is 17.0. The van der Waals surface area contributed by atoms with Crippen LogP contribution in [0.3, 0.4) is 0 Å². The quantitative estimate of drug-likeness (QED) is 0.210. The SMILES string of the molecule is O=C(O)CCOCCOCCOCCOCCNC(=O)CC[PH](=O)O. The number of amides is 1. The molecule has 3 N–H and O–H groups in total. The number of carbonyl (C=O) groups is 2. The van der Waals surface area contributed by atoms with Gasteiger partial charge in [0.1, 0.15) is 0 Å². The summed E-state index contributed by atoms with van der Waals surface area (Å²) in [5, 5.41) is 11.0. The third-order valence-corrected chi connectivity index (χ3v) is 3.39. The first-order valence-electron chi connectivity index (χ1n) is 8.03. The van der Waals surface area contributed by atoms with Crippen LogP contribution in [0.2, 0.25) is 0 Å². The molecule has 0 fully saturated rings. The molecule has 0 heterocycles. The first-order chi connectivity index (χ1) is 12.0. The average molecular weight is 385 g/mol. The molecular weight excluding hydrogens is 357 g/mol. The van der Waals surface area contributed by atoms with Crippen LogP contribution in [-0.4, -0.2) is 87.4 Å². The van der Waals surface area contributed by atoms with Gasteiger partial charge in [0, 0.05) is 19.1 Å². The van der Waals surface area contributed by atoms with Gasteiger partial charge in [-0.3, -0.25) is 14.2 Å². The first kappa shape index (κ1) is 24.0. The third kappa shape index (κ3) is 20.9. The number of ether oxygens (including phenoxy) is 4. The number of carboxylic acid groups (broad SMARTS) is 1. The Labute approximate surface area is 147 Å². The van der Waals surface area contributed by atoms with Gasteiger partial charge in [-0.15, -0.1) is 0 Å². The van der Waals surface area contributed by atoms with Crippen LogP contribution in [0.25, 0.3) is 0 Å². The zero-order valence-electron chi connectivity index (χ0n) is 14.2. The molecule has 0 saturated heterocycles. The van der Waals surface area contributed by atoms with E-state index in [1.165, 1.54) is 0 Å². The highest BCUT2D eigenvalue weighted by Gasteiger charge is 2.02. The molecule has 0 aliphatic heterocycles. The van der Waals surface area contributed by atoms with E-state index in [4.69, 9.17) is 28.9 Å². The Bertz CT molecular complexity index is 381. The molecule has 1 amide bonds. The Morgan fingerprint density at radius 1 is 0.800 bits per heavy atom. The minimum Gasteiger partial charge on any atom is -0.481 e. The van der Waals surface area contributed by atoms with Crippen LogP contribution in [0.15, 0.2) is 0 Å². The molecule has 0 aromatic heterocycles. The molecule has 0 bridgehead atoms. The lowest BCUT2D eigenvalue weighted by Crippen LogP contribution is -2.27. The topological polar surface area (TPSA) is 141 Å². The van der Waals surface area contributed by atoms with Crippen LogP contribution < -0.4 is 5.32 Å². The molecule has 0 saturated carbocycles. The van der Waals surface area contributed by atoms with Gasteiger partial charge in [-0.1, -0.05) is 0 Å². The van der Waals surface area contributed by atoms with E-state index in [-0.39, 0.29) is 31.5 Å². The first-order valence-corrected chi connectivity index (χ1v) is 9.60. The highest BCUT2D eigenvalue weighted by atomic mass is 31.1. The number of nitrogens with one attached hydrogen (secondary N) is 1. The maximum Gasteiger partial charge on any atom is 0.305 e. The van der Waals surface area contributed by atoms with Crippen LogP contribution in [-0.2, 0) is 33.1 Å². The molecule has 0 rings (SSSR count). The Balaban J connectivity index is 3.13. The van der Waals surface area contributed by atoms with Crippen molar-refractivity contribution in [2.75, 3.05) is 65.6 Å². The maximum atomic E-state index is 11.2. The van der Waals surface area contributed by atoms with Crippen molar-refractivity contribution in [2.24, 2.45) is 0 Å². The van der Waals surface area contributed by atoms with Crippen LogP contribution in [0.4, 0.5) is 0 Å². The minimum atomic E-state index is -2.59. The summed E-state index contributed by atoms with van der Waals surface area (Å²) >= 11 is 0. The second-order valence-electron chi connectivity index (χ2n) is 4.84. The number of hydrogen-bond acceptors (Lipinski definition) is 7. The molecule has 0 aliphatic rings. The largest absolute Gasteiger partial charge is 0.481 e. The smallest absolute Gasteiger partial charge is 0.305 e. The van der Waals surface area contributed by atoms with Crippen LogP contribution in [0, 0.1) is 0 Å². The summed E-state index contributed by atoms with van der Waals surface area (Å²) in [7, 11) is -2.59.